The summed E-state index contributed by atoms with van der Waals surface area (Å²) in [5.74, 6) is 0.578. The molecule has 0 unspecified atom stereocenters. The zero-order chi connectivity index (χ0) is 18.3. The predicted octanol–water partition coefficient (Wildman–Crippen LogP) is 5.01. The Morgan fingerprint density at radius 2 is 1.62 bits per heavy atom. The lowest BCUT2D eigenvalue weighted by atomic mass is 9.93. The molecule has 0 aliphatic carbocycles. The maximum Gasteiger partial charge on any atom is 0.259 e. The number of nitrogens with zero attached hydrogens (tertiary/aromatic N) is 2. The summed E-state index contributed by atoms with van der Waals surface area (Å²) in [6, 6.07) is 15.4. The van der Waals surface area contributed by atoms with E-state index in [1.807, 2.05) is 42.5 Å². The van der Waals surface area contributed by atoms with Gasteiger partial charge < -0.3 is 4.98 Å². The lowest BCUT2D eigenvalue weighted by molar-refractivity contribution is 0.573. The van der Waals surface area contributed by atoms with E-state index >= 15 is 0 Å². The lowest BCUT2D eigenvalue weighted by Crippen LogP contribution is -2.11. The summed E-state index contributed by atoms with van der Waals surface area (Å²) in [6.07, 6.45) is 0. The Balaban J connectivity index is 1.70. The molecule has 0 aliphatic heterocycles. The van der Waals surface area contributed by atoms with Crippen molar-refractivity contribution >= 4 is 22.2 Å². The van der Waals surface area contributed by atoms with Crippen molar-refractivity contribution in [3.8, 4) is 22.0 Å². The molecule has 4 nitrogen and oxygen atoms in total. The number of aromatic nitrogens is 3. The Morgan fingerprint density at radius 3 is 2.31 bits per heavy atom. The first kappa shape index (κ1) is 16.7. The van der Waals surface area contributed by atoms with Gasteiger partial charge in [-0.15, -0.1) is 11.3 Å². The number of para-hydroxylation sites is 1. The van der Waals surface area contributed by atoms with Gasteiger partial charge in [0.15, 0.2) is 0 Å². The maximum absolute atomic E-state index is 12.3. The van der Waals surface area contributed by atoms with Crippen LogP contribution in [0.15, 0.2) is 58.7 Å². The minimum atomic E-state index is -0.121. The minimum absolute atomic E-state index is 0.0448. The third-order valence-electron chi connectivity index (χ3n) is 4.29. The van der Waals surface area contributed by atoms with Crippen LogP contribution in [0.3, 0.4) is 0 Å². The van der Waals surface area contributed by atoms with E-state index in [0.717, 1.165) is 21.8 Å². The van der Waals surface area contributed by atoms with Crippen LogP contribution in [0, 0.1) is 0 Å². The smallest absolute Gasteiger partial charge is 0.259 e. The van der Waals surface area contributed by atoms with Crippen LogP contribution in [-0.4, -0.2) is 15.0 Å². The highest BCUT2D eigenvalue weighted by Gasteiger charge is 2.18. The molecule has 2 aromatic carbocycles. The van der Waals surface area contributed by atoms with Crippen LogP contribution >= 0.6 is 11.3 Å². The maximum atomic E-state index is 12.3. The van der Waals surface area contributed by atoms with Crippen molar-refractivity contribution in [2.45, 2.75) is 26.2 Å². The SMILES string of the molecule is CC(C)(C)c1csc(-c2ccc(-c3nc4ccccc4c(=O)[nH]3)cc2)n1. The van der Waals surface area contributed by atoms with E-state index in [-0.39, 0.29) is 11.0 Å². The second-order valence-corrected chi connectivity index (χ2v) is 8.16. The van der Waals surface area contributed by atoms with Gasteiger partial charge in [0, 0.05) is 21.9 Å². The van der Waals surface area contributed by atoms with Crippen LogP contribution < -0.4 is 5.56 Å². The van der Waals surface area contributed by atoms with Gasteiger partial charge in [-0.05, 0) is 12.1 Å². The van der Waals surface area contributed by atoms with E-state index in [1.165, 1.54) is 0 Å². The van der Waals surface area contributed by atoms with Gasteiger partial charge in [-0.1, -0.05) is 57.2 Å². The molecule has 1 N–H and O–H groups in total. The molecule has 130 valence electrons. The molecular formula is C21H19N3OS. The minimum Gasteiger partial charge on any atom is -0.306 e. The first-order valence-electron chi connectivity index (χ1n) is 8.48. The Bertz CT molecular complexity index is 1130. The first-order valence-corrected chi connectivity index (χ1v) is 9.36. The molecule has 0 atom stereocenters. The van der Waals surface area contributed by atoms with Gasteiger partial charge >= 0.3 is 0 Å². The number of hydrogen-bond acceptors (Lipinski definition) is 4. The van der Waals surface area contributed by atoms with Crippen molar-refractivity contribution < 1.29 is 0 Å². The number of H-pyrrole nitrogens is 1. The summed E-state index contributed by atoms with van der Waals surface area (Å²) in [4.78, 5) is 24.5. The summed E-state index contributed by atoms with van der Waals surface area (Å²) >= 11 is 1.65. The highest BCUT2D eigenvalue weighted by Crippen LogP contribution is 2.30. The van der Waals surface area contributed by atoms with Crippen molar-refractivity contribution in [3.05, 3.63) is 70.0 Å². The average molecular weight is 361 g/mol. The van der Waals surface area contributed by atoms with E-state index in [4.69, 9.17) is 4.98 Å². The van der Waals surface area contributed by atoms with Crippen molar-refractivity contribution in [2.24, 2.45) is 0 Å². The molecule has 26 heavy (non-hydrogen) atoms. The molecule has 4 rings (SSSR count). The molecule has 0 radical (unpaired) electrons. The quantitative estimate of drug-likeness (QED) is 0.546. The molecule has 0 fully saturated rings. The van der Waals surface area contributed by atoms with Crippen molar-refractivity contribution in [2.75, 3.05) is 0 Å². The van der Waals surface area contributed by atoms with E-state index in [9.17, 15) is 4.79 Å². The second kappa shape index (κ2) is 6.18. The molecule has 0 saturated heterocycles. The van der Waals surface area contributed by atoms with Crippen LogP contribution in [0.4, 0.5) is 0 Å². The topological polar surface area (TPSA) is 58.6 Å². The number of thiazole rings is 1. The number of fused-ring (bicyclic) bond motifs is 1. The second-order valence-electron chi connectivity index (χ2n) is 7.30. The number of hydrogen-bond donors (Lipinski definition) is 1. The standard InChI is InChI=1S/C21H19N3OS/c1-21(2,3)17-12-26-20(23-17)14-10-8-13(9-11-14)18-22-16-7-5-4-6-15(16)19(25)24-18/h4-12H,1-3H3,(H,22,24,25). The molecule has 0 amide bonds. The molecule has 2 aromatic heterocycles. The van der Waals surface area contributed by atoms with Gasteiger partial charge in [0.25, 0.3) is 5.56 Å². The van der Waals surface area contributed by atoms with Gasteiger partial charge in [0.1, 0.15) is 10.8 Å². The highest BCUT2D eigenvalue weighted by atomic mass is 32.1. The van der Waals surface area contributed by atoms with E-state index in [1.54, 1.807) is 17.4 Å². The summed E-state index contributed by atoms with van der Waals surface area (Å²) in [6.45, 7) is 6.49. The third-order valence-corrected chi connectivity index (χ3v) is 5.18. The van der Waals surface area contributed by atoms with Gasteiger partial charge in [-0.2, -0.15) is 0 Å². The Hall–Kier alpha value is -2.79. The van der Waals surface area contributed by atoms with Crippen LogP contribution in [0.1, 0.15) is 26.5 Å². The largest absolute Gasteiger partial charge is 0.306 e. The zero-order valence-corrected chi connectivity index (χ0v) is 15.7. The normalized spacial score (nSPS) is 11.8. The molecule has 5 heteroatoms. The van der Waals surface area contributed by atoms with E-state index in [2.05, 4.69) is 36.1 Å². The molecule has 0 saturated carbocycles. The summed E-state index contributed by atoms with van der Waals surface area (Å²) in [5.41, 5.74) is 3.67. The fourth-order valence-electron chi connectivity index (χ4n) is 2.74. The number of rotatable bonds is 2. The monoisotopic (exact) mass is 361 g/mol. The summed E-state index contributed by atoms with van der Waals surface area (Å²) < 4.78 is 0. The average Bonchev–Trinajstić information content (AvgIpc) is 3.12. The van der Waals surface area contributed by atoms with Crippen LogP contribution in [0.5, 0.6) is 0 Å². The predicted molar refractivity (Wildman–Crippen MR) is 108 cm³/mol. The molecule has 0 bridgehead atoms. The molecular weight excluding hydrogens is 342 g/mol. The number of nitrogens with one attached hydrogen (secondary N) is 1. The first-order chi connectivity index (χ1) is 12.4. The highest BCUT2D eigenvalue weighted by molar-refractivity contribution is 7.13. The molecule has 0 spiro atoms. The molecule has 4 aromatic rings. The van der Waals surface area contributed by atoms with Gasteiger partial charge in [0.05, 0.1) is 16.6 Å². The van der Waals surface area contributed by atoms with Gasteiger partial charge in [-0.25, -0.2) is 9.97 Å². The Labute approximate surface area is 155 Å². The van der Waals surface area contributed by atoms with Crippen molar-refractivity contribution in [1.82, 2.24) is 15.0 Å². The number of aromatic amines is 1. The van der Waals surface area contributed by atoms with E-state index in [0.29, 0.717) is 16.7 Å². The van der Waals surface area contributed by atoms with E-state index < -0.39 is 0 Å². The Morgan fingerprint density at radius 1 is 0.923 bits per heavy atom. The fourth-order valence-corrected chi connectivity index (χ4v) is 3.80. The zero-order valence-electron chi connectivity index (χ0n) is 14.9. The fraction of sp³-hybridized carbons (Fsp3) is 0.190. The van der Waals surface area contributed by atoms with Crippen molar-refractivity contribution in [1.29, 1.82) is 0 Å². The van der Waals surface area contributed by atoms with Gasteiger partial charge in [-0.3, -0.25) is 4.79 Å². The Kier molecular flexibility index (Phi) is 3.96. The third kappa shape index (κ3) is 3.06. The summed E-state index contributed by atoms with van der Waals surface area (Å²) in [7, 11) is 0. The van der Waals surface area contributed by atoms with Crippen LogP contribution in [-0.2, 0) is 5.41 Å². The molecule has 0 aliphatic rings. The van der Waals surface area contributed by atoms with Gasteiger partial charge in [0.2, 0.25) is 0 Å². The number of benzene rings is 2. The lowest BCUT2D eigenvalue weighted by Gasteiger charge is -2.14. The van der Waals surface area contributed by atoms with Crippen LogP contribution in [0.2, 0.25) is 0 Å². The van der Waals surface area contributed by atoms with Crippen molar-refractivity contribution in [3.63, 3.8) is 0 Å². The van der Waals surface area contributed by atoms with Crippen LogP contribution in [0.25, 0.3) is 32.9 Å². The molecule has 2 heterocycles. The summed E-state index contributed by atoms with van der Waals surface area (Å²) in [5, 5.41) is 3.72.